The molecule has 0 aromatic heterocycles. The smallest absolute Gasteiger partial charge is 0.306 e. The summed E-state index contributed by atoms with van der Waals surface area (Å²) in [5.41, 5.74) is 0. The number of quaternary nitrogens is 1. The number of unbranched alkanes of at least 4 members (excludes halogenated alkanes) is 25. The van der Waals surface area contributed by atoms with Crippen molar-refractivity contribution >= 4 is 19.7 Å². The molecule has 0 aliphatic rings. The number of esters is 1. The van der Waals surface area contributed by atoms with Gasteiger partial charge in [-0.2, -0.15) is 0 Å². The van der Waals surface area contributed by atoms with Gasteiger partial charge in [0.05, 0.1) is 33.8 Å². The first-order chi connectivity index (χ1) is 38.4. The summed E-state index contributed by atoms with van der Waals surface area (Å²) in [5, 5.41) is 2.98. The zero-order chi connectivity index (χ0) is 57.9. The zero-order valence-corrected chi connectivity index (χ0v) is 52.7. The maximum absolute atomic E-state index is 13.5. The predicted molar refractivity (Wildman–Crippen MR) is 339 cm³/mol. The SMILES string of the molecule is CC/C=C/C/C=C/C/C=C/C/C=C/C/C=C/CCC(=O)NC(COP(=O)([O-])OCC[N+](C)(C)C)C(/C=C\CCCCCCCCCCCC)OC(=O)CCCCCCCCCCCCCC/C=C\C/C=C\C/C=C\CCCCC. The second kappa shape index (κ2) is 57.9. The van der Waals surface area contributed by atoms with Crippen molar-refractivity contribution in [3.05, 3.63) is 109 Å². The van der Waals surface area contributed by atoms with Crippen molar-refractivity contribution < 1.29 is 37.3 Å². The molecule has 0 bridgehead atoms. The maximum Gasteiger partial charge on any atom is 0.306 e. The first-order valence-corrected chi connectivity index (χ1v) is 33.7. The van der Waals surface area contributed by atoms with Crippen LogP contribution in [0.5, 0.6) is 0 Å². The second-order valence-electron chi connectivity index (χ2n) is 22.5. The van der Waals surface area contributed by atoms with E-state index in [9.17, 15) is 19.0 Å². The van der Waals surface area contributed by atoms with Gasteiger partial charge >= 0.3 is 5.97 Å². The fraction of sp³-hybridized carbons (Fsp3) is 0.710. The molecule has 1 amide bonds. The topological polar surface area (TPSA) is 114 Å². The predicted octanol–water partition coefficient (Wildman–Crippen LogP) is 19.5. The van der Waals surface area contributed by atoms with E-state index in [1.807, 2.05) is 45.4 Å². The Hall–Kier alpha value is -3.33. The molecule has 0 saturated carbocycles. The Morgan fingerprint density at radius 1 is 0.456 bits per heavy atom. The van der Waals surface area contributed by atoms with Crippen LogP contribution in [0.3, 0.4) is 0 Å². The standard InChI is InChI=1S/C69H121N2O7P/c1-7-10-13-16-19-22-25-28-30-32-33-34-35-36-37-38-39-40-42-44-47-50-53-56-59-62-69(73)78-67(60-57-54-51-48-45-27-24-21-18-15-12-9-3)66(65-77-79(74,75)76-64-63-71(4,5)6)70-68(72)61-58-55-52-49-46-43-41-31-29-26-23-20-17-14-11-8-2/h11,14,19-20,22-23,28-31,33-34,43,46,52,55,57,60,66-67H,7-10,12-13,15-18,21,24-27,32,35-42,44-45,47-51,53-54,56,58-59,61-65H2,1-6H3,(H-,70,72,74,75)/b14-11+,22-19-,23-20+,30-28-,31-29+,34-33-,46-43+,55-52+,60-57-. The highest BCUT2D eigenvalue weighted by molar-refractivity contribution is 7.45. The van der Waals surface area contributed by atoms with E-state index < -0.39 is 26.6 Å². The molecule has 0 saturated heterocycles. The van der Waals surface area contributed by atoms with Crippen molar-refractivity contribution in [3.63, 3.8) is 0 Å². The number of phosphoric ester groups is 1. The van der Waals surface area contributed by atoms with E-state index in [1.54, 1.807) is 0 Å². The Morgan fingerprint density at radius 2 is 0.823 bits per heavy atom. The molecular formula is C69H121N2O7P. The molecule has 9 nitrogen and oxygen atoms in total. The van der Waals surface area contributed by atoms with Gasteiger partial charge in [-0.1, -0.05) is 259 Å². The molecular weight excluding hydrogens is 1000 g/mol. The number of phosphoric acid groups is 1. The van der Waals surface area contributed by atoms with Gasteiger partial charge in [-0.15, -0.1) is 0 Å². The number of carbonyl (C=O) groups is 2. The average molecular weight is 1120 g/mol. The number of allylic oxidation sites excluding steroid dienone is 17. The first kappa shape index (κ1) is 75.7. The molecule has 0 rings (SSSR count). The maximum atomic E-state index is 13.5. The van der Waals surface area contributed by atoms with Gasteiger partial charge in [0.1, 0.15) is 19.3 Å². The minimum atomic E-state index is -4.72. The number of ether oxygens (including phenoxy) is 1. The number of likely N-dealkylation sites (N-methyl/N-ethyl adjacent to an activating group) is 1. The fourth-order valence-corrected chi connectivity index (χ4v) is 9.47. The van der Waals surface area contributed by atoms with Crippen molar-refractivity contribution in [3.8, 4) is 0 Å². The lowest BCUT2D eigenvalue weighted by atomic mass is 10.0. The first-order valence-electron chi connectivity index (χ1n) is 32.2. The molecule has 0 radical (unpaired) electrons. The van der Waals surface area contributed by atoms with Crippen molar-refractivity contribution in [2.45, 2.75) is 277 Å². The van der Waals surface area contributed by atoms with E-state index in [0.717, 1.165) is 83.5 Å². The third kappa shape index (κ3) is 59.1. The largest absolute Gasteiger partial charge is 0.756 e. The van der Waals surface area contributed by atoms with Crippen LogP contribution in [0.1, 0.15) is 265 Å². The summed E-state index contributed by atoms with van der Waals surface area (Å²) in [6, 6.07) is -0.935. The minimum Gasteiger partial charge on any atom is -0.756 e. The third-order valence-electron chi connectivity index (χ3n) is 13.7. The number of nitrogens with one attached hydrogen (secondary N) is 1. The van der Waals surface area contributed by atoms with Gasteiger partial charge in [-0.3, -0.25) is 14.2 Å². The van der Waals surface area contributed by atoms with Gasteiger partial charge in [0, 0.05) is 12.8 Å². The lowest BCUT2D eigenvalue weighted by Gasteiger charge is -2.30. The van der Waals surface area contributed by atoms with Gasteiger partial charge < -0.3 is 28.5 Å². The Kier molecular flexibility index (Phi) is 55.4. The Balaban J connectivity index is 5.22. The molecule has 79 heavy (non-hydrogen) atoms. The van der Waals surface area contributed by atoms with Crippen molar-refractivity contribution in [1.29, 1.82) is 0 Å². The highest BCUT2D eigenvalue weighted by Crippen LogP contribution is 2.38. The third-order valence-corrected chi connectivity index (χ3v) is 14.7. The van der Waals surface area contributed by atoms with Crippen LogP contribution in [0, 0.1) is 0 Å². The summed E-state index contributed by atoms with van der Waals surface area (Å²) in [6.07, 6.45) is 79.4. The monoisotopic (exact) mass is 1120 g/mol. The molecule has 0 aromatic rings. The van der Waals surface area contributed by atoms with Gasteiger partial charge in [0.2, 0.25) is 5.91 Å². The van der Waals surface area contributed by atoms with E-state index in [0.29, 0.717) is 23.9 Å². The van der Waals surface area contributed by atoms with E-state index in [1.165, 1.54) is 135 Å². The summed E-state index contributed by atoms with van der Waals surface area (Å²) in [5.74, 6) is -0.643. The molecule has 454 valence electrons. The van der Waals surface area contributed by atoms with Crippen LogP contribution in [0.4, 0.5) is 0 Å². The molecule has 3 atom stereocenters. The van der Waals surface area contributed by atoms with Gasteiger partial charge in [0.25, 0.3) is 7.82 Å². The van der Waals surface area contributed by atoms with Crippen molar-refractivity contribution in [2.75, 3.05) is 40.9 Å². The Labute approximate surface area is 487 Å². The van der Waals surface area contributed by atoms with Crippen LogP contribution < -0.4 is 10.2 Å². The number of hydrogen-bond donors (Lipinski definition) is 1. The number of hydrogen-bond acceptors (Lipinski definition) is 7. The molecule has 0 aromatic carbocycles. The summed E-state index contributed by atoms with van der Waals surface area (Å²) in [6.45, 7) is 6.64. The molecule has 0 fully saturated rings. The summed E-state index contributed by atoms with van der Waals surface area (Å²) in [7, 11) is 1.13. The molecule has 0 heterocycles. The van der Waals surface area contributed by atoms with E-state index in [4.69, 9.17) is 13.8 Å². The lowest BCUT2D eigenvalue weighted by Crippen LogP contribution is -2.47. The summed E-state index contributed by atoms with van der Waals surface area (Å²) >= 11 is 0. The highest BCUT2D eigenvalue weighted by Gasteiger charge is 2.27. The second-order valence-corrected chi connectivity index (χ2v) is 23.9. The van der Waals surface area contributed by atoms with Crippen LogP contribution in [0.25, 0.3) is 0 Å². The van der Waals surface area contributed by atoms with Crippen molar-refractivity contribution in [1.82, 2.24) is 5.32 Å². The van der Waals surface area contributed by atoms with E-state index >= 15 is 0 Å². The molecule has 0 aliphatic carbocycles. The van der Waals surface area contributed by atoms with Crippen LogP contribution in [0.15, 0.2) is 109 Å². The normalized spacial score (nSPS) is 14.4. The Bertz CT molecular complexity index is 1720. The van der Waals surface area contributed by atoms with E-state index in [2.05, 4.69) is 111 Å². The summed E-state index contributed by atoms with van der Waals surface area (Å²) in [4.78, 5) is 40.0. The quantitative estimate of drug-likeness (QED) is 0.0212. The fourth-order valence-electron chi connectivity index (χ4n) is 8.75. The number of rotatable bonds is 57. The van der Waals surface area contributed by atoms with Crippen LogP contribution in [0.2, 0.25) is 0 Å². The lowest BCUT2D eigenvalue weighted by molar-refractivity contribution is -0.870. The molecule has 3 unspecified atom stereocenters. The van der Waals surface area contributed by atoms with Crippen molar-refractivity contribution in [2.24, 2.45) is 0 Å². The van der Waals surface area contributed by atoms with Crippen LogP contribution in [-0.2, 0) is 27.9 Å². The highest BCUT2D eigenvalue weighted by atomic mass is 31.2. The number of nitrogens with zero attached hydrogens (tertiary/aromatic N) is 1. The molecule has 0 spiro atoms. The number of amides is 1. The van der Waals surface area contributed by atoms with Gasteiger partial charge in [-0.05, 0) is 102 Å². The average Bonchev–Trinajstić information content (AvgIpc) is 3.41. The zero-order valence-electron chi connectivity index (χ0n) is 51.8. The van der Waals surface area contributed by atoms with Crippen LogP contribution in [-0.4, -0.2) is 69.4 Å². The molecule has 1 N–H and O–H groups in total. The molecule has 0 aliphatic heterocycles. The van der Waals surface area contributed by atoms with Gasteiger partial charge in [0.15, 0.2) is 0 Å². The molecule has 10 heteroatoms. The number of carbonyl (C=O) groups excluding carboxylic acids is 2. The summed E-state index contributed by atoms with van der Waals surface area (Å²) < 4.78 is 30.3. The van der Waals surface area contributed by atoms with Gasteiger partial charge in [-0.25, -0.2) is 0 Å². The Morgan fingerprint density at radius 3 is 1.27 bits per heavy atom. The minimum absolute atomic E-state index is 0.0404. The van der Waals surface area contributed by atoms with E-state index in [-0.39, 0.29) is 31.3 Å². The van der Waals surface area contributed by atoms with Crippen LogP contribution >= 0.6 is 7.82 Å².